The van der Waals surface area contributed by atoms with Crippen LogP contribution in [0.3, 0.4) is 0 Å². The zero-order valence-corrected chi connectivity index (χ0v) is 13.6. The number of aromatic nitrogens is 5. The Balaban J connectivity index is 1.57. The highest BCUT2D eigenvalue weighted by molar-refractivity contribution is 5.94. The van der Waals surface area contributed by atoms with Crippen molar-refractivity contribution in [2.24, 2.45) is 0 Å². The third kappa shape index (κ3) is 2.55. The van der Waals surface area contributed by atoms with Gasteiger partial charge in [0.1, 0.15) is 0 Å². The molecule has 124 valence electrons. The van der Waals surface area contributed by atoms with Crippen LogP contribution in [0, 0.1) is 0 Å². The van der Waals surface area contributed by atoms with E-state index in [9.17, 15) is 4.79 Å². The Morgan fingerprint density at radius 2 is 2.12 bits per heavy atom. The summed E-state index contributed by atoms with van der Waals surface area (Å²) >= 11 is 0. The third-order valence-corrected chi connectivity index (χ3v) is 4.60. The number of aryl methyl sites for hydroxylation is 1. The summed E-state index contributed by atoms with van der Waals surface area (Å²) in [5.74, 6) is 0.551. The molecule has 7 nitrogen and oxygen atoms in total. The Morgan fingerprint density at radius 3 is 3.04 bits per heavy atom. The number of nitrogens with zero attached hydrogens (tertiary/aromatic N) is 4. The second-order valence-electron chi connectivity index (χ2n) is 6.27. The van der Waals surface area contributed by atoms with Gasteiger partial charge in [-0.3, -0.25) is 14.3 Å². The minimum atomic E-state index is -0.256. The number of rotatable bonds is 3. The van der Waals surface area contributed by atoms with Gasteiger partial charge in [-0.05, 0) is 44.7 Å². The maximum absolute atomic E-state index is 12.7. The fraction of sp³-hybridized carbons (Fsp3) is 0.412. The summed E-state index contributed by atoms with van der Waals surface area (Å²) in [7, 11) is 0. The van der Waals surface area contributed by atoms with E-state index in [0.29, 0.717) is 11.5 Å². The van der Waals surface area contributed by atoms with E-state index in [1.165, 1.54) is 6.42 Å². The molecule has 3 aromatic heterocycles. The first-order valence-corrected chi connectivity index (χ1v) is 8.40. The topological polar surface area (TPSA) is 88.0 Å². The van der Waals surface area contributed by atoms with Gasteiger partial charge in [-0.25, -0.2) is 0 Å². The van der Waals surface area contributed by atoms with Crippen LogP contribution in [0.15, 0.2) is 24.4 Å². The molecule has 0 saturated carbocycles. The molecule has 7 heteroatoms. The summed E-state index contributed by atoms with van der Waals surface area (Å²) in [6.07, 6.45) is 7.24. The highest BCUT2D eigenvalue weighted by atomic mass is 16.2. The predicted octanol–water partition coefficient (Wildman–Crippen LogP) is 2.21. The van der Waals surface area contributed by atoms with Gasteiger partial charge >= 0.3 is 0 Å². The van der Waals surface area contributed by atoms with Crippen molar-refractivity contribution in [3.8, 4) is 0 Å². The van der Waals surface area contributed by atoms with Crippen LogP contribution >= 0.6 is 0 Å². The van der Waals surface area contributed by atoms with Crippen molar-refractivity contribution < 1.29 is 4.79 Å². The van der Waals surface area contributed by atoms with Crippen molar-refractivity contribution in [1.82, 2.24) is 30.1 Å². The lowest BCUT2D eigenvalue weighted by molar-refractivity contribution is 0.0932. The van der Waals surface area contributed by atoms with Crippen LogP contribution in [-0.4, -0.2) is 30.7 Å². The fourth-order valence-electron chi connectivity index (χ4n) is 3.33. The number of aromatic amines is 1. The van der Waals surface area contributed by atoms with Crippen molar-refractivity contribution >= 4 is 11.6 Å². The van der Waals surface area contributed by atoms with Crippen molar-refractivity contribution in [2.45, 2.75) is 45.1 Å². The molecule has 0 fully saturated rings. The Morgan fingerprint density at radius 1 is 1.25 bits per heavy atom. The summed E-state index contributed by atoms with van der Waals surface area (Å²) in [6.45, 7) is 1.91. The first-order valence-electron chi connectivity index (χ1n) is 8.40. The molecule has 0 bridgehead atoms. The van der Waals surface area contributed by atoms with E-state index in [4.69, 9.17) is 0 Å². The molecular formula is C17H20N6O. The van der Waals surface area contributed by atoms with E-state index >= 15 is 0 Å². The van der Waals surface area contributed by atoms with E-state index in [-0.39, 0.29) is 11.9 Å². The van der Waals surface area contributed by atoms with Crippen LogP contribution in [0.25, 0.3) is 5.65 Å². The van der Waals surface area contributed by atoms with Crippen molar-refractivity contribution in [2.75, 3.05) is 0 Å². The minimum absolute atomic E-state index is 0.158. The lowest BCUT2D eigenvalue weighted by atomic mass is 10.1. The van der Waals surface area contributed by atoms with Crippen LogP contribution in [0.1, 0.15) is 59.8 Å². The van der Waals surface area contributed by atoms with E-state index in [1.807, 2.05) is 35.7 Å². The normalized spacial score (nSPS) is 15.7. The first kappa shape index (κ1) is 14.9. The summed E-state index contributed by atoms with van der Waals surface area (Å²) < 4.78 is 1.88. The smallest absolute Gasteiger partial charge is 0.272 e. The maximum atomic E-state index is 12.7. The second-order valence-corrected chi connectivity index (χ2v) is 6.27. The zero-order chi connectivity index (χ0) is 16.5. The second kappa shape index (κ2) is 6.07. The summed E-state index contributed by atoms with van der Waals surface area (Å²) in [5, 5.41) is 18.6. The van der Waals surface area contributed by atoms with E-state index in [2.05, 4.69) is 25.7 Å². The molecule has 1 amide bonds. The average Bonchev–Trinajstić information content (AvgIpc) is 3.13. The molecule has 3 heterocycles. The van der Waals surface area contributed by atoms with Gasteiger partial charge in [0.05, 0.1) is 6.04 Å². The molecule has 0 aromatic carbocycles. The monoisotopic (exact) mass is 324 g/mol. The van der Waals surface area contributed by atoms with Gasteiger partial charge in [-0.2, -0.15) is 5.10 Å². The number of H-pyrrole nitrogens is 1. The van der Waals surface area contributed by atoms with Crippen molar-refractivity contribution in [3.05, 3.63) is 47.2 Å². The van der Waals surface area contributed by atoms with Gasteiger partial charge < -0.3 is 5.32 Å². The van der Waals surface area contributed by atoms with Crippen LogP contribution in [0.2, 0.25) is 0 Å². The third-order valence-electron chi connectivity index (χ3n) is 4.60. The molecule has 1 unspecified atom stereocenters. The van der Waals surface area contributed by atoms with Crippen LogP contribution in [0.4, 0.5) is 0 Å². The molecule has 0 aliphatic heterocycles. The largest absolute Gasteiger partial charge is 0.341 e. The summed E-state index contributed by atoms with van der Waals surface area (Å²) in [4.78, 5) is 12.7. The SMILES string of the molecule is CC(NC(=O)c1n[nH]c2c1CCCCC2)c1nnc2ccccn12. The van der Waals surface area contributed by atoms with Crippen molar-refractivity contribution in [1.29, 1.82) is 0 Å². The van der Waals surface area contributed by atoms with E-state index in [1.54, 1.807) is 0 Å². The molecule has 1 aliphatic rings. The van der Waals surface area contributed by atoms with Crippen LogP contribution in [-0.2, 0) is 12.8 Å². The highest BCUT2D eigenvalue weighted by Gasteiger charge is 2.23. The molecule has 0 radical (unpaired) electrons. The number of fused-ring (bicyclic) bond motifs is 2. The summed E-state index contributed by atoms with van der Waals surface area (Å²) in [6, 6.07) is 5.46. The Labute approximate surface area is 139 Å². The summed E-state index contributed by atoms with van der Waals surface area (Å²) in [5.41, 5.74) is 3.47. The first-order chi connectivity index (χ1) is 11.7. The van der Waals surface area contributed by atoms with Gasteiger partial charge in [0, 0.05) is 17.5 Å². The maximum Gasteiger partial charge on any atom is 0.272 e. The average molecular weight is 324 g/mol. The van der Waals surface area contributed by atoms with Gasteiger partial charge in [-0.15, -0.1) is 10.2 Å². The molecule has 3 aromatic rings. The highest BCUT2D eigenvalue weighted by Crippen LogP contribution is 2.22. The lowest BCUT2D eigenvalue weighted by Gasteiger charge is -2.12. The number of hydrogen-bond acceptors (Lipinski definition) is 4. The molecule has 1 atom stereocenters. The fourth-order valence-corrected chi connectivity index (χ4v) is 3.33. The number of amides is 1. The number of hydrogen-bond donors (Lipinski definition) is 2. The molecule has 1 aliphatic carbocycles. The standard InChI is InChI=1S/C17H20N6O/c1-11(16-22-20-14-9-5-6-10-23(14)16)18-17(24)15-12-7-3-2-4-8-13(12)19-21-15/h5-6,9-11H,2-4,7-8H2,1H3,(H,18,24)(H,19,21). The lowest BCUT2D eigenvalue weighted by Crippen LogP contribution is -2.29. The number of pyridine rings is 1. The molecule has 0 saturated heterocycles. The quantitative estimate of drug-likeness (QED) is 0.723. The molecular weight excluding hydrogens is 304 g/mol. The molecule has 2 N–H and O–H groups in total. The molecule has 4 rings (SSSR count). The van der Waals surface area contributed by atoms with E-state index in [0.717, 1.165) is 42.6 Å². The van der Waals surface area contributed by atoms with Gasteiger partial charge in [0.2, 0.25) is 0 Å². The Bertz CT molecular complexity index is 880. The number of nitrogens with one attached hydrogen (secondary N) is 2. The minimum Gasteiger partial charge on any atom is -0.341 e. The Kier molecular flexibility index (Phi) is 3.76. The van der Waals surface area contributed by atoms with E-state index < -0.39 is 0 Å². The molecule has 0 spiro atoms. The predicted molar refractivity (Wildman–Crippen MR) is 88.7 cm³/mol. The number of carbonyl (C=O) groups excluding carboxylic acids is 1. The number of carbonyl (C=O) groups is 1. The van der Waals surface area contributed by atoms with Gasteiger partial charge in [0.25, 0.3) is 5.91 Å². The van der Waals surface area contributed by atoms with Crippen molar-refractivity contribution in [3.63, 3.8) is 0 Å². The van der Waals surface area contributed by atoms with Gasteiger partial charge in [-0.1, -0.05) is 12.5 Å². The van der Waals surface area contributed by atoms with Crippen LogP contribution in [0.5, 0.6) is 0 Å². The van der Waals surface area contributed by atoms with Gasteiger partial charge in [0.15, 0.2) is 17.2 Å². The zero-order valence-electron chi connectivity index (χ0n) is 13.6. The molecule has 24 heavy (non-hydrogen) atoms. The Hall–Kier alpha value is -2.70. The van der Waals surface area contributed by atoms with Crippen LogP contribution < -0.4 is 5.32 Å².